The van der Waals surface area contributed by atoms with E-state index in [9.17, 15) is 22.8 Å². The fourth-order valence-electron chi connectivity index (χ4n) is 2.71. The lowest BCUT2D eigenvalue weighted by Crippen LogP contribution is -2.23. The maximum absolute atomic E-state index is 14.8. The highest BCUT2D eigenvalue weighted by atomic mass is 32.2. The minimum Gasteiger partial charge on any atom is -0.505 e. The number of hydrogen-bond donors (Lipinski definition) is 2. The summed E-state index contributed by atoms with van der Waals surface area (Å²) in [4.78, 5) is 10.7. The van der Waals surface area contributed by atoms with Gasteiger partial charge in [-0.2, -0.15) is 8.42 Å². The molecule has 0 bridgehead atoms. The third kappa shape index (κ3) is 3.85. The number of aromatic carboxylic acids is 1. The standard InChI is InChI=1S/C20H16FNO6S/c1-28-15-7-2-5-13(11-15)14-6-3-8-16(12-14)29(26,27)22(21)18-10-4-9-17(19(18)23)20(24)25/h2-12,23H,1H3,(H,24,25). The maximum atomic E-state index is 14.8. The third-order valence-corrected chi connectivity index (χ3v) is 5.65. The number of halogens is 1. The Labute approximate surface area is 166 Å². The second-order valence-corrected chi connectivity index (χ2v) is 7.70. The summed E-state index contributed by atoms with van der Waals surface area (Å²) in [5, 5.41) is 19.0. The number of phenols is 1. The minimum absolute atomic E-state index is 0.375. The third-order valence-electron chi connectivity index (χ3n) is 4.18. The second-order valence-electron chi connectivity index (χ2n) is 5.96. The summed E-state index contributed by atoms with van der Waals surface area (Å²) in [7, 11) is -3.22. The summed E-state index contributed by atoms with van der Waals surface area (Å²) in [6.45, 7) is 0. The molecule has 7 nitrogen and oxygen atoms in total. The van der Waals surface area contributed by atoms with Crippen LogP contribution in [0.15, 0.2) is 71.6 Å². The molecule has 0 atom stereocenters. The summed E-state index contributed by atoms with van der Waals surface area (Å²) in [6.07, 6.45) is 0. The van der Waals surface area contributed by atoms with E-state index in [-0.39, 0.29) is 4.90 Å². The molecule has 0 heterocycles. The monoisotopic (exact) mass is 417 g/mol. The van der Waals surface area contributed by atoms with Gasteiger partial charge in [0.05, 0.1) is 12.0 Å². The predicted molar refractivity (Wildman–Crippen MR) is 104 cm³/mol. The molecule has 0 radical (unpaired) electrons. The van der Waals surface area contributed by atoms with E-state index < -0.39 is 37.5 Å². The number of para-hydroxylation sites is 1. The SMILES string of the molecule is COc1cccc(-c2cccc(S(=O)(=O)N(F)c3cccc(C(=O)O)c3O)c2)c1. The van der Waals surface area contributed by atoms with Gasteiger partial charge in [0.2, 0.25) is 0 Å². The van der Waals surface area contributed by atoms with Crippen molar-refractivity contribution in [2.75, 3.05) is 11.6 Å². The van der Waals surface area contributed by atoms with Gasteiger partial charge in [-0.25, -0.2) is 4.79 Å². The number of carbonyl (C=O) groups is 1. The number of hydrogen-bond acceptors (Lipinski definition) is 5. The van der Waals surface area contributed by atoms with Crippen LogP contribution in [0.25, 0.3) is 11.1 Å². The van der Waals surface area contributed by atoms with Crippen molar-refractivity contribution in [3.63, 3.8) is 0 Å². The number of sulfonamides is 1. The number of aromatic hydroxyl groups is 1. The normalized spacial score (nSPS) is 11.1. The largest absolute Gasteiger partial charge is 0.505 e. The van der Waals surface area contributed by atoms with Crippen molar-refractivity contribution in [2.24, 2.45) is 0 Å². The molecule has 0 aliphatic rings. The molecule has 0 saturated heterocycles. The molecule has 3 rings (SSSR count). The molecule has 0 spiro atoms. The number of ether oxygens (including phenoxy) is 1. The van der Waals surface area contributed by atoms with Crippen LogP contribution in [0.4, 0.5) is 10.2 Å². The highest BCUT2D eigenvalue weighted by Crippen LogP contribution is 2.35. The number of anilines is 1. The van der Waals surface area contributed by atoms with Crippen molar-refractivity contribution in [3.8, 4) is 22.6 Å². The molecule has 0 aliphatic carbocycles. The molecular weight excluding hydrogens is 401 g/mol. The molecule has 3 aromatic carbocycles. The Morgan fingerprint density at radius 1 is 1.00 bits per heavy atom. The number of rotatable bonds is 6. The molecule has 29 heavy (non-hydrogen) atoms. The van der Waals surface area contributed by atoms with Crippen molar-refractivity contribution in [1.82, 2.24) is 0 Å². The molecular formula is C20H16FNO6S. The van der Waals surface area contributed by atoms with Gasteiger partial charge in [-0.1, -0.05) is 39.3 Å². The lowest BCUT2D eigenvalue weighted by molar-refractivity contribution is 0.0693. The average molecular weight is 417 g/mol. The average Bonchev–Trinajstić information content (AvgIpc) is 2.73. The van der Waals surface area contributed by atoms with Crippen LogP contribution >= 0.6 is 0 Å². The summed E-state index contributed by atoms with van der Waals surface area (Å²) in [5.41, 5.74) is -0.258. The quantitative estimate of drug-likeness (QED) is 0.591. The first kappa shape index (κ1) is 20.2. The Hall–Kier alpha value is -3.59. The molecule has 0 saturated carbocycles. The molecule has 0 amide bonds. The zero-order valence-corrected chi connectivity index (χ0v) is 15.9. The zero-order chi connectivity index (χ0) is 21.2. The van der Waals surface area contributed by atoms with Crippen molar-refractivity contribution in [1.29, 1.82) is 0 Å². The van der Waals surface area contributed by atoms with Crippen molar-refractivity contribution in [2.45, 2.75) is 4.90 Å². The first-order valence-corrected chi connectivity index (χ1v) is 9.70. The lowest BCUT2D eigenvalue weighted by atomic mass is 10.1. The molecule has 150 valence electrons. The molecule has 3 aromatic rings. The highest BCUT2D eigenvalue weighted by molar-refractivity contribution is 7.92. The molecule has 0 fully saturated rings. The van der Waals surface area contributed by atoms with Crippen LogP contribution < -0.4 is 9.26 Å². The lowest BCUT2D eigenvalue weighted by Gasteiger charge is -2.17. The van der Waals surface area contributed by atoms with E-state index in [0.717, 1.165) is 18.2 Å². The van der Waals surface area contributed by atoms with Crippen molar-refractivity contribution >= 4 is 21.7 Å². The molecule has 0 unspecified atom stereocenters. The van der Waals surface area contributed by atoms with Crippen molar-refractivity contribution in [3.05, 3.63) is 72.3 Å². The predicted octanol–water partition coefficient (Wildman–Crippen LogP) is 3.85. The summed E-state index contributed by atoms with van der Waals surface area (Å²) in [5.74, 6) is -1.94. The Morgan fingerprint density at radius 3 is 2.28 bits per heavy atom. The Morgan fingerprint density at radius 2 is 1.62 bits per heavy atom. The van der Waals surface area contributed by atoms with Crippen LogP contribution in [-0.4, -0.2) is 31.7 Å². The zero-order valence-electron chi connectivity index (χ0n) is 15.1. The molecule has 0 aromatic heterocycles. The summed E-state index contributed by atoms with van der Waals surface area (Å²) >= 11 is 0. The van der Waals surface area contributed by atoms with E-state index in [1.807, 2.05) is 0 Å². The summed E-state index contributed by atoms with van der Waals surface area (Å²) < 4.78 is 44.8. The van der Waals surface area contributed by atoms with Crippen LogP contribution in [0, 0.1) is 0 Å². The van der Waals surface area contributed by atoms with E-state index in [4.69, 9.17) is 9.84 Å². The minimum atomic E-state index is -4.72. The van der Waals surface area contributed by atoms with Gasteiger partial charge >= 0.3 is 5.97 Å². The smallest absolute Gasteiger partial charge is 0.339 e. The first-order chi connectivity index (χ1) is 13.8. The Bertz CT molecular complexity index is 1180. The van der Waals surface area contributed by atoms with Crippen LogP contribution in [0.1, 0.15) is 10.4 Å². The van der Waals surface area contributed by atoms with E-state index in [2.05, 4.69) is 0 Å². The van der Waals surface area contributed by atoms with Gasteiger partial charge in [0, 0.05) is 0 Å². The highest BCUT2D eigenvalue weighted by Gasteiger charge is 2.29. The number of carboxylic acids is 1. The Kier molecular flexibility index (Phi) is 5.42. The second kappa shape index (κ2) is 7.80. The number of methoxy groups -OCH3 is 1. The van der Waals surface area contributed by atoms with Crippen LogP contribution in [-0.2, 0) is 10.0 Å². The van der Waals surface area contributed by atoms with Gasteiger partial charge in [0.25, 0.3) is 10.0 Å². The molecule has 2 N–H and O–H groups in total. The fourth-order valence-corrected chi connectivity index (χ4v) is 3.82. The number of carboxylic acid groups (broad SMARTS) is 1. The van der Waals surface area contributed by atoms with E-state index >= 15 is 0 Å². The van der Waals surface area contributed by atoms with Crippen LogP contribution in [0.3, 0.4) is 0 Å². The topological polar surface area (TPSA) is 104 Å². The van der Waals surface area contributed by atoms with Gasteiger partial charge in [-0.15, -0.1) is 0 Å². The van der Waals surface area contributed by atoms with E-state index in [1.165, 1.54) is 25.3 Å². The fraction of sp³-hybridized carbons (Fsp3) is 0.0500. The van der Waals surface area contributed by atoms with E-state index in [1.54, 1.807) is 30.3 Å². The maximum Gasteiger partial charge on any atom is 0.339 e. The number of benzene rings is 3. The molecule has 9 heteroatoms. The van der Waals surface area contributed by atoms with Crippen LogP contribution in [0.5, 0.6) is 11.5 Å². The van der Waals surface area contributed by atoms with Gasteiger partial charge in [-0.05, 0) is 47.5 Å². The summed E-state index contributed by atoms with van der Waals surface area (Å²) in [6, 6.07) is 15.6. The Balaban J connectivity index is 2.04. The number of nitrogens with zero attached hydrogens (tertiary/aromatic N) is 1. The first-order valence-electron chi connectivity index (χ1n) is 8.26. The van der Waals surface area contributed by atoms with Crippen LogP contribution in [0.2, 0.25) is 0 Å². The van der Waals surface area contributed by atoms with Gasteiger partial charge < -0.3 is 14.9 Å². The van der Waals surface area contributed by atoms with Crippen molar-refractivity contribution < 1.29 is 32.6 Å². The van der Waals surface area contributed by atoms with E-state index in [0.29, 0.717) is 16.9 Å². The molecule has 0 aliphatic heterocycles. The van der Waals surface area contributed by atoms with Gasteiger partial charge in [-0.3, -0.25) is 0 Å². The van der Waals surface area contributed by atoms with Gasteiger partial charge in [0.15, 0.2) is 5.75 Å². The van der Waals surface area contributed by atoms with Gasteiger partial charge in [0.1, 0.15) is 17.0 Å².